The lowest BCUT2D eigenvalue weighted by Crippen LogP contribution is -2.61. The number of nitrogens with zero attached hydrogens (tertiary/aromatic N) is 1. The van der Waals surface area contributed by atoms with Crippen molar-refractivity contribution in [1.29, 1.82) is 0 Å². The number of hydrogen-bond acceptors (Lipinski definition) is 4. The van der Waals surface area contributed by atoms with Crippen LogP contribution in [0.5, 0.6) is 0 Å². The standard InChI is InChI=1S/C12H27N3O/c1-10(4-7-16)14-12(9-13)5-6-15(3)11(2)8-12/h10-11,14,16H,4-9,13H2,1-3H3. The third-order valence-corrected chi connectivity index (χ3v) is 3.89. The van der Waals surface area contributed by atoms with Crippen molar-refractivity contribution in [2.45, 2.75) is 50.7 Å². The fourth-order valence-corrected chi connectivity index (χ4v) is 2.60. The Morgan fingerprint density at radius 3 is 2.81 bits per heavy atom. The third kappa shape index (κ3) is 3.42. The highest BCUT2D eigenvalue weighted by atomic mass is 16.3. The van der Waals surface area contributed by atoms with Crippen LogP contribution in [0.15, 0.2) is 0 Å². The second-order valence-corrected chi connectivity index (χ2v) is 5.33. The summed E-state index contributed by atoms with van der Waals surface area (Å²) in [6.07, 6.45) is 2.99. The van der Waals surface area contributed by atoms with Crippen molar-refractivity contribution in [3.8, 4) is 0 Å². The molecular formula is C12H27N3O. The lowest BCUT2D eigenvalue weighted by atomic mass is 9.83. The first-order valence-electron chi connectivity index (χ1n) is 6.32. The number of aliphatic hydroxyl groups is 1. The molecule has 3 unspecified atom stereocenters. The molecule has 0 aromatic rings. The minimum Gasteiger partial charge on any atom is -0.396 e. The van der Waals surface area contributed by atoms with Crippen molar-refractivity contribution in [2.75, 3.05) is 26.7 Å². The Balaban J connectivity index is 2.56. The molecular weight excluding hydrogens is 202 g/mol. The second-order valence-electron chi connectivity index (χ2n) is 5.33. The van der Waals surface area contributed by atoms with Crippen LogP contribution >= 0.6 is 0 Å². The lowest BCUT2D eigenvalue weighted by molar-refractivity contribution is 0.100. The van der Waals surface area contributed by atoms with E-state index in [-0.39, 0.29) is 12.1 Å². The Bertz CT molecular complexity index is 212. The molecule has 0 saturated carbocycles. The molecule has 0 bridgehead atoms. The summed E-state index contributed by atoms with van der Waals surface area (Å²) >= 11 is 0. The number of rotatable bonds is 5. The number of hydrogen-bond donors (Lipinski definition) is 3. The van der Waals surface area contributed by atoms with E-state index in [1.807, 2.05) is 0 Å². The quantitative estimate of drug-likeness (QED) is 0.628. The van der Waals surface area contributed by atoms with Gasteiger partial charge in [0, 0.05) is 30.8 Å². The van der Waals surface area contributed by atoms with Crippen LogP contribution < -0.4 is 11.1 Å². The fourth-order valence-electron chi connectivity index (χ4n) is 2.60. The van der Waals surface area contributed by atoms with Crippen molar-refractivity contribution in [1.82, 2.24) is 10.2 Å². The molecule has 4 N–H and O–H groups in total. The number of nitrogens with one attached hydrogen (secondary N) is 1. The molecule has 1 rings (SSSR count). The fraction of sp³-hybridized carbons (Fsp3) is 1.00. The summed E-state index contributed by atoms with van der Waals surface area (Å²) in [5, 5.41) is 12.6. The molecule has 16 heavy (non-hydrogen) atoms. The summed E-state index contributed by atoms with van der Waals surface area (Å²) in [6, 6.07) is 0.912. The molecule has 0 aromatic heterocycles. The van der Waals surface area contributed by atoms with Crippen molar-refractivity contribution < 1.29 is 5.11 Å². The first-order chi connectivity index (χ1) is 7.53. The zero-order chi connectivity index (χ0) is 12.2. The number of piperidine rings is 1. The topological polar surface area (TPSA) is 61.5 Å². The largest absolute Gasteiger partial charge is 0.396 e. The van der Waals surface area contributed by atoms with Crippen molar-refractivity contribution in [2.24, 2.45) is 5.73 Å². The van der Waals surface area contributed by atoms with Crippen LogP contribution in [0.25, 0.3) is 0 Å². The van der Waals surface area contributed by atoms with Gasteiger partial charge in [-0.2, -0.15) is 0 Å². The molecule has 4 heteroatoms. The summed E-state index contributed by atoms with van der Waals surface area (Å²) in [7, 11) is 2.17. The molecule has 1 fully saturated rings. The van der Waals surface area contributed by atoms with Crippen LogP contribution in [0.3, 0.4) is 0 Å². The monoisotopic (exact) mass is 229 g/mol. The van der Waals surface area contributed by atoms with E-state index in [0.29, 0.717) is 18.6 Å². The molecule has 0 radical (unpaired) electrons. The van der Waals surface area contributed by atoms with Crippen LogP contribution in [0, 0.1) is 0 Å². The van der Waals surface area contributed by atoms with Gasteiger partial charge >= 0.3 is 0 Å². The minimum absolute atomic E-state index is 0.0700. The Hall–Kier alpha value is -0.160. The van der Waals surface area contributed by atoms with Crippen LogP contribution in [0.2, 0.25) is 0 Å². The number of nitrogens with two attached hydrogens (primary N) is 1. The molecule has 1 aliphatic rings. The molecule has 0 aliphatic carbocycles. The van der Waals surface area contributed by atoms with E-state index >= 15 is 0 Å². The van der Waals surface area contributed by atoms with Gasteiger partial charge < -0.3 is 21.1 Å². The van der Waals surface area contributed by atoms with E-state index in [2.05, 4.69) is 31.1 Å². The zero-order valence-electron chi connectivity index (χ0n) is 10.9. The van der Waals surface area contributed by atoms with Gasteiger partial charge in [-0.05, 0) is 46.7 Å². The minimum atomic E-state index is 0.0700. The van der Waals surface area contributed by atoms with E-state index in [4.69, 9.17) is 10.8 Å². The summed E-state index contributed by atoms with van der Waals surface area (Å²) < 4.78 is 0. The van der Waals surface area contributed by atoms with E-state index in [0.717, 1.165) is 25.8 Å². The van der Waals surface area contributed by atoms with E-state index < -0.39 is 0 Å². The number of likely N-dealkylation sites (tertiary alicyclic amines) is 1. The predicted molar refractivity (Wildman–Crippen MR) is 67.4 cm³/mol. The van der Waals surface area contributed by atoms with Crippen molar-refractivity contribution >= 4 is 0 Å². The molecule has 3 atom stereocenters. The van der Waals surface area contributed by atoms with Crippen molar-refractivity contribution in [3.05, 3.63) is 0 Å². The highest BCUT2D eigenvalue weighted by Crippen LogP contribution is 2.25. The lowest BCUT2D eigenvalue weighted by Gasteiger charge is -2.45. The number of aliphatic hydroxyl groups excluding tert-OH is 1. The van der Waals surface area contributed by atoms with Crippen LogP contribution in [0.1, 0.15) is 33.1 Å². The highest BCUT2D eigenvalue weighted by molar-refractivity contribution is 4.97. The van der Waals surface area contributed by atoms with Gasteiger partial charge in [0.25, 0.3) is 0 Å². The van der Waals surface area contributed by atoms with Gasteiger partial charge in [-0.3, -0.25) is 0 Å². The average Bonchev–Trinajstić information content (AvgIpc) is 2.24. The zero-order valence-corrected chi connectivity index (χ0v) is 10.9. The summed E-state index contributed by atoms with van der Waals surface area (Å²) in [5.41, 5.74) is 6.02. The molecule has 0 spiro atoms. The molecule has 0 amide bonds. The Labute approximate surface area is 99.2 Å². The maximum Gasteiger partial charge on any atom is 0.0445 e. The van der Waals surface area contributed by atoms with Gasteiger partial charge in [0.15, 0.2) is 0 Å². The van der Waals surface area contributed by atoms with Gasteiger partial charge in [0.2, 0.25) is 0 Å². The molecule has 1 aliphatic heterocycles. The van der Waals surface area contributed by atoms with Gasteiger partial charge in [-0.25, -0.2) is 0 Å². The summed E-state index contributed by atoms with van der Waals surface area (Å²) in [5.74, 6) is 0. The first kappa shape index (κ1) is 13.9. The van der Waals surface area contributed by atoms with Gasteiger partial charge in [-0.15, -0.1) is 0 Å². The SMILES string of the molecule is CC(CCO)NC1(CN)CCN(C)C(C)C1. The van der Waals surface area contributed by atoms with E-state index in [9.17, 15) is 0 Å². The predicted octanol–water partition coefficient (Wildman–Crippen LogP) is 0.159. The maximum absolute atomic E-state index is 8.94. The molecule has 1 saturated heterocycles. The van der Waals surface area contributed by atoms with Gasteiger partial charge in [0.1, 0.15) is 0 Å². The maximum atomic E-state index is 8.94. The third-order valence-electron chi connectivity index (χ3n) is 3.89. The Morgan fingerprint density at radius 2 is 2.31 bits per heavy atom. The van der Waals surface area contributed by atoms with Crippen LogP contribution in [-0.2, 0) is 0 Å². The van der Waals surface area contributed by atoms with E-state index in [1.54, 1.807) is 0 Å². The highest BCUT2D eigenvalue weighted by Gasteiger charge is 2.36. The summed E-state index contributed by atoms with van der Waals surface area (Å²) in [6.45, 7) is 6.39. The van der Waals surface area contributed by atoms with Crippen molar-refractivity contribution in [3.63, 3.8) is 0 Å². The van der Waals surface area contributed by atoms with E-state index in [1.165, 1.54) is 0 Å². The van der Waals surface area contributed by atoms with Gasteiger partial charge in [0.05, 0.1) is 0 Å². The normalized spacial score (nSPS) is 33.9. The van der Waals surface area contributed by atoms with Crippen LogP contribution in [0.4, 0.5) is 0 Å². The smallest absolute Gasteiger partial charge is 0.0445 e. The first-order valence-corrected chi connectivity index (χ1v) is 6.32. The van der Waals surface area contributed by atoms with Gasteiger partial charge in [-0.1, -0.05) is 0 Å². The molecule has 96 valence electrons. The molecule has 0 aromatic carbocycles. The van der Waals surface area contributed by atoms with Crippen LogP contribution in [-0.4, -0.2) is 54.4 Å². The second kappa shape index (κ2) is 5.96. The summed E-state index contributed by atoms with van der Waals surface area (Å²) in [4.78, 5) is 2.38. The Morgan fingerprint density at radius 1 is 1.62 bits per heavy atom. The molecule has 4 nitrogen and oxygen atoms in total. The average molecular weight is 229 g/mol. The molecule has 1 heterocycles. The Kier molecular flexibility index (Phi) is 5.18.